The summed E-state index contributed by atoms with van der Waals surface area (Å²) in [5.74, 6) is 2.49. The van der Waals surface area contributed by atoms with Gasteiger partial charge in [-0.05, 0) is 26.0 Å². The van der Waals surface area contributed by atoms with Gasteiger partial charge in [-0.15, -0.1) is 0 Å². The fourth-order valence-corrected chi connectivity index (χ4v) is 2.84. The topological polar surface area (TPSA) is 76.1 Å². The van der Waals surface area contributed by atoms with Crippen LogP contribution in [0.3, 0.4) is 0 Å². The lowest BCUT2D eigenvalue weighted by Gasteiger charge is -2.15. The van der Waals surface area contributed by atoms with Crippen molar-refractivity contribution in [1.29, 1.82) is 0 Å². The second-order valence-corrected chi connectivity index (χ2v) is 5.70. The second kappa shape index (κ2) is 7.43. The Kier molecular flexibility index (Phi) is 5.09. The summed E-state index contributed by atoms with van der Waals surface area (Å²) in [7, 11) is 1.74. The smallest absolute Gasteiger partial charge is 0.228 e. The molecule has 0 aliphatic carbocycles. The summed E-state index contributed by atoms with van der Waals surface area (Å²) < 4.78 is 5.16. The molecular formula is C16H22N6O. The third-order valence-corrected chi connectivity index (χ3v) is 3.97. The van der Waals surface area contributed by atoms with E-state index in [1.165, 1.54) is 0 Å². The largest absolute Gasteiger partial charge is 0.383 e. The van der Waals surface area contributed by atoms with Gasteiger partial charge in [-0.25, -0.2) is 19.9 Å². The Bertz CT molecular complexity index is 636. The summed E-state index contributed by atoms with van der Waals surface area (Å²) in [6.45, 7) is 5.76. The van der Waals surface area contributed by atoms with Crippen molar-refractivity contribution >= 4 is 11.8 Å². The van der Waals surface area contributed by atoms with Crippen molar-refractivity contribution in [1.82, 2.24) is 24.8 Å². The van der Waals surface area contributed by atoms with Crippen LogP contribution in [-0.4, -0.2) is 58.2 Å². The molecule has 0 radical (unpaired) electrons. The number of methoxy groups -OCH3 is 1. The molecule has 1 aliphatic rings. The summed E-state index contributed by atoms with van der Waals surface area (Å²) in [5, 5.41) is 3.15. The van der Waals surface area contributed by atoms with Gasteiger partial charge in [0.15, 0.2) is 0 Å². The second-order valence-electron chi connectivity index (χ2n) is 5.70. The fourth-order valence-electron chi connectivity index (χ4n) is 2.84. The molecule has 0 saturated carbocycles. The minimum Gasteiger partial charge on any atom is -0.383 e. The van der Waals surface area contributed by atoms with Crippen molar-refractivity contribution in [3.8, 4) is 0 Å². The lowest BCUT2D eigenvalue weighted by molar-refractivity contribution is 0.160. The van der Waals surface area contributed by atoms with E-state index in [1.807, 2.05) is 13.0 Å². The van der Waals surface area contributed by atoms with E-state index in [2.05, 4.69) is 30.2 Å². The maximum Gasteiger partial charge on any atom is 0.228 e. The zero-order valence-corrected chi connectivity index (χ0v) is 13.6. The van der Waals surface area contributed by atoms with Crippen LogP contribution >= 0.6 is 0 Å². The normalized spacial score (nSPS) is 18.3. The number of rotatable bonds is 6. The van der Waals surface area contributed by atoms with Crippen molar-refractivity contribution in [3.05, 3.63) is 36.0 Å². The van der Waals surface area contributed by atoms with Crippen molar-refractivity contribution in [3.63, 3.8) is 0 Å². The molecule has 0 amide bonds. The maximum absolute atomic E-state index is 5.16. The van der Waals surface area contributed by atoms with Crippen LogP contribution in [0.4, 0.5) is 11.8 Å². The average molecular weight is 314 g/mol. The van der Waals surface area contributed by atoms with Gasteiger partial charge in [-0.2, -0.15) is 0 Å². The number of likely N-dealkylation sites (tertiary alicyclic amines) is 1. The van der Waals surface area contributed by atoms with Gasteiger partial charge in [-0.1, -0.05) is 0 Å². The molecule has 1 aliphatic heterocycles. The molecule has 0 bridgehead atoms. The van der Waals surface area contributed by atoms with Gasteiger partial charge in [0.25, 0.3) is 0 Å². The number of hydrogen-bond donors (Lipinski definition) is 1. The third kappa shape index (κ3) is 4.20. The first-order valence-electron chi connectivity index (χ1n) is 7.85. The van der Waals surface area contributed by atoms with Gasteiger partial charge < -0.3 is 15.0 Å². The zero-order chi connectivity index (χ0) is 16.1. The van der Waals surface area contributed by atoms with E-state index in [-0.39, 0.29) is 0 Å². The Morgan fingerprint density at radius 2 is 2.13 bits per heavy atom. The Balaban J connectivity index is 1.71. The van der Waals surface area contributed by atoms with Gasteiger partial charge in [0.1, 0.15) is 11.6 Å². The molecule has 2 aromatic rings. The van der Waals surface area contributed by atoms with Crippen LogP contribution in [0.2, 0.25) is 0 Å². The lowest BCUT2D eigenvalue weighted by atomic mass is 10.0. The first-order chi connectivity index (χ1) is 11.2. The van der Waals surface area contributed by atoms with Gasteiger partial charge in [-0.3, -0.25) is 0 Å². The van der Waals surface area contributed by atoms with E-state index >= 15 is 0 Å². The molecule has 0 spiro atoms. The molecule has 0 aromatic carbocycles. The average Bonchev–Trinajstić information content (AvgIpc) is 3.02. The highest BCUT2D eigenvalue weighted by Crippen LogP contribution is 2.27. The number of aromatic nitrogens is 4. The van der Waals surface area contributed by atoms with Gasteiger partial charge >= 0.3 is 0 Å². The number of anilines is 2. The predicted molar refractivity (Wildman–Crippen MR) is 87.8 cm³/mol. The number of aryl methyl sites for hydroxylation is 1. The van der Waals surface area contributed by atoms with Crippen molar-refractivity contribution < 1.29 is 4.74 Å². The Hall–Kier alpha value is -2.12. The molecule has 122 valence electrons. The molecule has 2 aromatic heterocycles. The van der Waals surface area contributed by atoms with Crippen LogP contribution in [0.15, 0.2) is 24.5 Å². The third-order valence-electron chi connectivity index (χ3n) is 3.97. The molecule has 1 unspecified atom stereocenters. The monoisotopic (exact) mass is 314 g/mol. The van der Waals surface area contributed by atoms with E-state index in [9.17, 15) is 0 Å². The van der Waals surface area contributed by atoms with Crippen LogP contribution in [-0.2, 0) is 4.74 Å². The van der Waals surface area contributed by atoms with Crippen molar-refractivity contribution in [2.45, 2.75) is 19.3 Å². The van der Waals surface area contributed by atoms with Crippen molar-refractivity contribution in [2.75, 3.05) is 38.7 Å². The zero-order valence-electron chi connectivity index (χ0n) is 13.6. The number of ether oxygens (including phenoxy) is 1. The Morgan fingerprint density at radius 3 is 2.91 bits per heavy atom. The van der Waals surface area contributed by atoms with E-state index in [4.69, 9.17) is 4.74 Å². The molecule has 1 N–H and O–H groups in total. The molecule has 3 heterocycles. The Labute approximate surface area is 136 Å². The van der Waals surface area contributed by atoms with Crippen molar-refractivity contribution in [2.24, 2.45) is 0 Å². The fraction of sp³-hybridized carbons (Fsp3) is 0.500. The van der Waals surface area contributed by atoms with Gasteiger partial charge in [0.05, 0.1) is 12.3 Å². The molecule has 1 atom stereocenters. The summed E-state index contributed by atoms with van der Waals surface area (Å²) >= 11 is 0. The lowest BCUT2D eigenvalue weighted by Crippen LogP contribution is -2.24. The van der Waals surface area contributed by atoms with E-state index in [1.54, 1.807) is 25.6 Å². The minimum absolute atomic E-state index is 0.436. The van der Waals surface area contributed by atoms with Crippen LogP contribution in [0.25, 0.3) is 0 Å². The van der Waals surface area contributed by atoms with E-state index in [0.717, 1.165) is 50.0 Å². The predicted octanol–water partition coefficient (Wildman–Crippen LogP) is 1.75. The first kappa shape index (κ1) is 15.8. The Morgan fingerprint density at radius 1 is 1.30 bits per heavy atom. The summed E-state index contributed by atoms with van der Waals surface area (Å²) in [5.41, 5.74) is 1.08. The number of nitrogens with zero attached hydrogens (tertiary/aromatic N) is 5. The summed E-state index contributed by atoms with van der Waals surface area (Å²) in [6.07, 6.45) is 4.52. The standard InChI is InChI=1S/C16H22N6O/c1-12-19-14(13-4-7-22(11-13)8-9-23-2)10-15(20-12)21-16-17-5-3-6-18-16/h3,5-6,10,13H,4,7-9,11H2,1-2H3,(H,17,18,19,20,21). The SMILES string of the molecule is COCCN1CCC(c2cc(Nc3ncccn3)nc(C)n2)C1. The first-order valence-corrected chi connectivity index (χ1v) is 7.85. The highest BCUT2D eigenvalue weighted by atomic mass is 16.5. The van der Waals surface area contributed by atoms with Crippen LogP contribution in [0.1, 0.15) is 23.9 Å². The number of nitrogens with one attached hydrogen (secondary N) is 1. The van der Waals surface area contributed by atoms with E-state index < -0.39 is 0 Å². The van der Waals surface area contributed by atoms with E-state index in [0.29, 0.717) is 11.9 Å². The number of hydrogen-bond acceptors (Lipinski definition) is 7. The molecule has 1 fully saturated rings. The summed E-state index contributed by atoms with van der Waals surface area (Å²) in [4.78, 5) is 19.8. The van der Waals surface area contributed by atoms with Gasteiger partial charge in [0, 0.05) is 44.6 Å². The van der Waals surface area contributed by atoms with Crippen LogP contribution < -0.4 is 5.32 Å². The maximum atomic E-state index is 5.16. The molecule has 1 saturated heterocycles. The molecule has 3 rings (SSSR count). The molecule has 7 heteroatoms. The molecular weight excluding hydrogens is 292 g/mol. The molecule has 7 nitrogen and oxygen atoms in total. The van der Waals surface area contributed by atoms with Gasteiger partial charge in [0.2, 0.25) is 5.95 Å². The highest BCUT2D eigenvalue weighted by Gasteiger charge is 2.25. The molecule has 23 heavy (non-hydrogen) atoms. The van der Waals surface area contributed by atoms with Crippen LogP contribution in [0.5, 0.6) is 0 Å². The van der Waals surface area contributed by atoms with Crippen LogP contribution in [0, 0.1) is 6.92 Å². The quantitative estimate of drug-likeness (QED) is 0.870. The summed E-state index contributed by atoms with van der Waals surface area (Å²) in [6, 6.07) is 3.79. The highest BCUT2D eigenvalue weighted by molar-refractivity contribution is 5.48. The minimum atomic E-state index is 0.436.